The SMILES string of the molecule is COc1ccc(-c2nc3ccccc3n2CC(=O)Nc2ccc3c(c2)OCCO3)cc1OC. The monoisotopic (exact) mass is 445 g/mol. The number of nitrogens with one attached hydrogen (secondary N) is 1. The lowest BCUT2D eigenvalue weighted by Gasteiger charge is -2.19. The molecule has 5 rings (SSSR count). The summed E-state index contributed by atoms with van der Waals surface area (Å²) in [4.78, 5) is 17.8. The van der Waals surface area contributed by atoms with Gasteiger partial charge in [0, 0.05) is 17.3 Å². The minimum absolute atomic E-state index is 0.0820. The summed E-state index contributed by atoms with van der Waals surface area (Å²) in [6, 6.07) is 18.7. The second-order valence-corrected chi connectivity index (χ2v) is 7.49. The quantitative estimate of drug-likeness (QED) is 0.481. The molecule has 1 aliphatic heterocycles. The number of methoxy groups -OCH3 is 2. The minimum atomic E-state index is -0.184. The molecule has 8 heteroatoms. The van der Waals surface area contributed by atoms with Crippen molar-refractivity contribution >= 4 is 22.6 Å². The maximum absolute atomic E-state index is 13.0. The number of hydrogen-bond donors (Lipinski definition) is 1. The van der Waals surface area contributed by atoms with E-state index in [2.05, 4.69) is 5.32 Å². The Morgan fingerprint density at radius 2 is 1.76 bits per heavy atom. The highest BCUT2D eigenvalue weighted by Crippen LogP contribution is 2.34. The van der Waals surface area contributed by atoms with Crippen LogP contribution in [0.3, 0.4) is 0 Å². The molecule has 0 saturated carbocycles. The second kappa shape index (κ2) is 8.74. The van der Waals surface area contributed by atoms with E-state index < -0.39 is 0 Å². The number of nitrogens with zero attached hydrogens (tertiary/aromatic N) is 2. The molecular weight excluding hydrogens is 422 g/mol. The fraction of sp³-hybridized carbons (Fsp3) is 0.200. The van der Waals surface area contributed by atoms with Gasteiger partial charge in [-0.1, -0.05) is 12.1 Å². The van der Waals surface area contributed by atoms with Crippen molar-refractivity contribution < 1.29 is 23.7 Å². The fourth-order valence-electron chi connectivity index (χ4n) is 3.90. The van der Waals surface area contributed by atoms with Gasteiger partial charge in [-0.15, -0.1) is 0 Å². The van der Waals surface area contributed by atoms with Gasteiger partial charge in [0.15, 0.2) is 23.0 Å². The lowest BCUT2D eigenvalue weighted by Crippen LogP contribution is -2.20. The van der Waals surface area contributed by atoms with Crippen molar-refractivity contribution in [3.63, 3.8) is 0 Å². The number of anilines is 1. The number of fused-ring (bicyclic) bond motifs is 2. The molecule has 0 aliphatic carbocycles. The summed E-state index contributed by atoms with van der Waals surface area (Å²) in [6.45, 7) is 1.09. The van der Waals surface area contributed by atoms with Crippen LogP contribution in [0.25, 0.3) is 22.4 Å². The summed E-state index contributed by atoms with van der Waals surface area (Å²) < 4.78 is 23.9. The topological polar surface area (TPSA) is 83.8 Å². The van der Waals surface area contributed by atoms with Crippen LogP contribution in [0.15, 0.2) is 60.7 Å². The predicted octanol–water partition coefficient (Wildman–Crippen LogP) is 4.13. The van der Waals surface area contributed by atoms with E-state index in [-0.39, 0.29) is 12.5 Å². The highest BCUT2D eigenvalue weighted by Gasteiger charge is 2.18. The number of para-hydroxylation sites is 2. The predicted molar refractivity (Wildman–Crippen MR) is 124 cm³/mol. The van der Waals surface area contributed by atoms with Crippen molar-refractivity contribution in [3.05, 3.63) is 60.7 Å². The molecule has 1 aliphatic rings. The van der Waals surface area contributed by atoms with Crippen molar-refractivity contribution in [2.24, 2.45) is 0 Å². The molecule has 1 amide bonds. The van der Waals surface area contributed by atoms with Crippen LogP contribution in [0.2, 0.25) is 0 Å². The molecule has 0 bridgehead atoms. The molecule has 1 N–H and O–H groups in total. The standard InChI is InChI=1S/C25H23N3O5/c1-30-20-9-7-16(13-22(20)31-2)25-27-18-5-3-4-6-19(18)28(25)15-24(29)26-17-8-10-21-23(14-17)33-12-11-32-21/h3-10,13-14H,11-12,15H2,1-2H3,(H,26,29). The molecule has 4 aromatic rings. The summed E-state index contributed by atoms with van der Waals surface area (Å²) in [7, 11) is 3.18. The number of rotatable bonds is 6. The number of carbonyl (C=O) groups is 1. The minimum Gasteiger partial charge on any atom is -0.493 e. The van der Waals surface area contributed by atoms with Gasteiger partial charge < -0.3 is 28.8 Å². The van der Waals surface area contributed by atoms with Gasteiger partial charge in [-0.05, 0) is 42.5 Å². The zero-order chi connectivity index (χ0) is 22.8. The van der Waals surface area contributed by atoms with Crippen LogP contribution < -0.4 is 24.3 Å². The van der Waals surface area contributed by atoms with Crippen molar-refractivity contribution in [3.8, 4) is 34.4 Å². The van der Waals surface area contributed by atoms with Gasteiger partial charge in [-0.25, -0.2) is 4.98 Å². The summed E-state index contributed by atoms with van der Waals surface area (Å²) in [6.07, 6.45) is 0. The zero-order valence-corrected chi connectivity index (χ0v) is 18.3. The summed E-state index contributed by atoms with van der Waals surface area (Å²) in [5, 5.41) is 2.95. The largest absolute Gasteiger partial charge is 0.493 e. The average molecular weight is 445 g/mol. The van der Waals surface area contributed by atoms with Gasteiger partial charge in [-0.3, -0.25) is 4.79 Å². The van der Waals surface area contributed by atoms with Crippen molar-refractivity contribution in [1.29, 1.82) is 0 Å². The molecule has 3 aromatic carbocycles. The number of imidazole rings is 1. The van der Waals surface area contributed by atoms with E-state index in [1.54, 1.807) is 32.4 Å². The van der Waals surface area contributed by atoms with Crippen LogP contribution >= 0.6 is 0 Å². The normalized spacial score (nSPS) is 12.4. The highest BCUT2D eigenvalue weighted by molar-refractivity contribution is 5.93. The van der Waals surface area contributed by atoms with E-state index in [4.69, 9.17) is 23.9 Å². The third-order valence-corrected chi connectivity index (χ3v) is 5.42. The van der Waals surface area contributed by atoms with Crippen LogP contribution in [0.1, 0.15) is 0 Å². The molecule has 2 heterocycles. The lowest BCUT2D eigenvalue weighted by atomic mass is 10.2. The van der Waals surface area contributed by atoms with Crippen molar-refractivity contribution in [1.82, 2.24) is 9.55 Å². The molecule has 33 heavy (non-hydrogen) atoms. The first-order valence-corrected chi connectivity index (χ1v) is 10.5. The number of amides is 1. The molecule has 0 unspecified atom stereocenters. The Balaban J connectivity index is 1.47. The molecule has 0 atom stereocenters. The Labute approximate surface area is 190 Å². The van der Waals surface area contributed by atoms with Gasteiger partial charge in [0.25, 0.3) is 0 Å². The van der Waals surface area contributed by atoms with E-state index in [1.807, 2.05) is 47.0 Å². The molecule has 0 saturated heterocycles. The summed E-state index contributed by atoms with van der Waals surface area (Å²) >= 11 is 0. The average Bonchev–Trinajstić information content (AvgIpc) is 3.21. The molecular formula is C25H23N3O5. The fourth-order valence-corrected chi connectivity index (χ4v) is 3.90. The Hall–Kier alpha value is -4.20. The van der Waals surface area contributed by atoms with E-state index in [0.717, 1.165) is 16.6 Å². The Morgan fingerprint density at radius 1 is 0.970 bits per heavy atom. The van der Waals surface area contributed by atoms with Crippen LogP contribution in [-0.4, -0.2) is 42.9 Å². The number of carbonyl (C=O) groups excluding carboxylic acids is 1. The van der Waals surface area contributed by atoms with Crippen LogP contribution in [0.4, 0.5) is 5.69 Å². The molecule has 0 spiro atoms. The second-order valence-electron chi connectivity index (χ2n) is 7.49. The molecule has 168 valence electrons. The third kappa shape index (κ3) is 4.03. The smallest absolute Gasteiger partial charge is 0.244 e. The Bertz CT molecular complexity index is 1330. The van der Waals surface area contributed by atoms with Gasteiger partial charge >= 0.3 is 0 Å². The molecule has 0 radical (unpaired) electrons. The van der Waals surface area contributed by atoms with E-state index in [9.17, 15) is 4.79 Å². The first-order valence-electron chi connectivity index (χ1n) is 10.5. The Kier molecular flexibility index (Phi) is 5.48. The summed E-state index contributed by atoms with van der Waals surface area (Å²) in [5.41, 5.74) is 3.12. The summed E-state index contributed by atoms with van der Waals surface area (Å²) in [5.74, 6) is 2.99. The number of aromatic nitrogens is 2. The first kappa shape index (κ1) is 20.7. The highest BCUT2D eigenvalue weighted by atomic mass is 16.6. The van der Waals surface area contributed by atoms with Gasteiger partial charge in [0.05, 0.1) is 25.3 Å². The maximum Gasteiger partial charge on any atom is 0.244 e. The van der Waals surface area contributed by atoms with Crippen LogP contribution in [0, 0.1) is 0 Å². The van der Waals surface area contributed by atoms with Crippen LogP contribution in [0.5, 0.6) is 23.0 Å². The van der Waals surface area contributed by atoms with E-state index in [0.29, 0.717) is 47.7 Å². The number of benzene rings is 3. The van der Waals surface area contributed by atoms with Gasteiger partial charge in [-0.2, -0.15) is 0 Å². The molecule has 1 aromatic heterocycles. The Morgan fingerprint density at radius 3 is 2.58 bits per heavy atom. The first-order chi connectivity index (χ1) is 16.2. The van der Waals surface area contributed by atoms with Gasteiger partial charge in [0.2, 0.25) is 5.91 Å². The number of hydrogen-bond acceptors (Lipinski definition) is 6. The van der Waals surface area contributed by atoms with E-state index in [1.165, 1.54) is 0 Å². The third-order valence-electron chi connectivity index (χ3n) is 5.42. The van der Waals surface area contributed by atoms with Crippen molar-refractivity contribution in [2.75, 3.05) is 32.8 Å². The van der Waals surface area contributed by atoms with Gasteiger partial charge in [0.1, 0.15) is 25.6 Å². The van der Waals surface area contributed by atoms with E-state index >= 15 is 0 Å². The number of ether oxygens (including phenoxy) is 4. The van der Waals surface area contributed by atoms with Crippen LogP contribution in [-0.2, 0) is 11.3 Å². The lowest BCUT2D eigenvalue weighted by molar-refractivity contribution is -0.116. The zero-order valence-electron chi connectivity index (χ0n) is 18.3. The molecule has 0 fully saturated rings. The maximum atomic E-state index is 13.0. The molecule has 8 nitrogen and oxygen atoms in total. The van der Waals surface area contributed by atoms with Crippen molar-refractivity contribution in [2.45, 2.75) is 6.54 Å².